The van der Waals surface area contributed by atoms with Crippen LogP contribution in [0.2, 0.25) is 0 Å². The highest BCUT2D eigenvalue weighted by Gasteiger charge is 2.62. The van der Waals surface area contributed by atoms with E-state index in [0.717, 1.165) is 57.1 Å². The third-order valence-electron chi connectivity index (χ3n) is 10.6. The number of carboxylic acids is 1. The van der Waals surface area contributed by atoms with Crippen molar-refractivity contribution in [3.8, 4) is 0 Å². The van der Waals surface area contributed by atoms with Crippen molar-refractivity contribution in [1.29, 1.82) is 0 Å². The van der Waals surface area contributed by atoms with E-state index >= 15 is 0 Å². The molecule has 1 amide bonds. The molecule has 202 valence electrons. The van der Waals surface area contributed by atoms with Gasteiger partial charge in [-0.15, -0.1) is 0 Å². The van der Waals surface area contributed by atoms with Gasteiger partial charge in [-0.05, 0) is 93.0 Å². The lowest BCUT2D eigenvalue weighted by Gasteiger charge is -2.59. The Kier molecular flexibility index (Phi) is 7.10. The topological polar surface area (TPSA) is 128 Å². The van der Waals surface area contributed by atoms with Crippen LogP contribution in [0.15, 0.2) is 16.8 Å². The van der Waals surface area contributed by atoms with Crippen LogP contribution in [0.1, 0.15) is 86.0 Å². The Labute approximate surface area is 214 Å². The minimum absolute atomic E-state index is 0.0136. The molecule has 4 aliphatic carbocycles. The Morgan fingerprint density at radius 3 is 2.53 bits per heavy atom. The predicted molar refractivity (Wildman–Crippen MR) is 136 cm³/mol. The second kappa shape index (κ2) is 9.43. The summed E-state index contributed by atoms with van der Waals surface area (Å²) >= 11 is 0. The molecule has 3 unspecified atom stereocenters. The summed E-state index contributed by atoms with van der Waals surface area (Å²) in [5.74, 6) is 0.185. The molecule has 8 heteroatoms. The lowest BCUT2D eigenvalue weighted by molar-refractivity contribution is -0.153. The van der Waals surface area contributed by atoms with E-state index in [2.05, 4.69) is 30.4 Å². The summed E-state index contributed by atoms with van der Waals surface area (Å²) < 4.78 is 0. The molecule has 0 aliphatic heterocycles. The molecule has 0 radical (unpaired) electrons. The number of amides is 1. The number of fused-ring (bicyclic) bond motifs is 5. The summed E-state index contributed by atoms with van der Waals surface area (Å²) in [6.45, 7) is 9.71. The zero-order valence-corrected chi connectivity index (χ0v) is 22.5. The van der Waals surface area contributed by atoms with Crippen LogP contribution in [0.3, 0.4) is 0 Å². The van der Waals surface area contributed by atoms with Gasteiger partial charge in [-0.2, -0.15) is 0 Å². The number of carboxylic acid groups (broad SMARTS) is 1. The van der Waals surface area contributed by atoms with Crippen LogP contribution in [-0.2, 0) is 14.4 Å². The Morgan fingerprint density at radius 2 is 1.83 bits per heavy atom. The zero-order valence-electron chi connectivity index (χ0n) is 22.5. The molecule has 4 aliphatic rings. The van der Waals surface area contributed by atoms with Gasteiger partial charge in [-0.1, -0.05) is 38.4 Å². The van der Waals surface area contributed by atoms with Gasteiger partial charge in [0.2, 0.25) is 0 Å². The van der Waals surface area contributed by atoms with Crippen molar-refractivity contribution in [2.75, 3.05) is 13.2 Å². The Hall–Kier alpha value is -1.93. The quantitative estimate of drug-likeness (QED) is 0.392. The zero-order chi connectivity index (χ0) is 26.5. The number of allylic oxidation sites excluding steroid dienone is 2. The monoisotopic (exact) mass is 504 g/mol. The highest BCUT2D eigenvalue weighted by molar-refractivity contribution is 5.96. The number of hydrogen-bond acceptors (Lipinski definition) is 6. The molecule has 0 saturated heterocycles. The third-order valence-corrected chi connectivity index (χ3v) is 10.6. The van der Waals surface area contributed by atoms with E-state index in [1.807, 2.05) is 6.92 Å². The van der Waals surface area contributed by atoms with E-state index in [-0.39, 0.29) is 24.0 Å². The molecule has 36 heavy (non-hydrogen) atoms. The minimum atomic E-state index is -1.57. The first-order valence-electron chi connectivity index (χ1n) is 13.5. The highest BCUT2D eigenvalue weighted by Crippen LogP contribution is 2.67. The van der Waals surface area contributed by atoms with Crippen LogP contribution >= 0.6 is 0 Å². The number of nitrogens with zero attached hydrogens (tertiary/aromatic N) is 1. The summed E-state index contributed by atoms with van der Waals surface area (Å²) in [6, 6.07) is 0. The normalized spacial score (nSPS) is 39.9. The number of rotatable bonds is 7. The fraction of sp³-hybridized carbons (Fsp3) is 0.821. The van der Waals surface area contributed by atoms with E-state index in [9.17, 15) is 19.8 Å². The second-order valence-corrected chi connectivity index (χ2v) is 13.1. The summed E-state index contributed by atoms with van der Waals surface area (Å²) in [6.07, 6.45) is 8.96. The molecule has 0 aromatic carbocycles. The smallest absolute Gasteiger partial charge is 0.333 e. The minimum Gasteiger partial charge on any atom is -0.479 e. The molecule has 3 fully saturated rings. The molecule has 0 bridgehead atoms. The number of hydrogen-bond donors (Lipinski definition) is 4. The first-order chi connectivity index (χ1) is 16.7. The SMILES string of the molecule is CC(C)(CNC(=O)CON=C1C=C2CC[C@@H]3C(CC[C@@]4(C)C3CC[C@]4(C)O)[C@@]2(C)CC1)C(O)C(=O)O. The van der Waals surface area contributed by atoms with Crippen molar-refractivity contribution < 1.29 is 29.7 Å². The van der Waals surface area contributed by atoms with Crippen molar-refractivity contribution in [3.05, 3.63) is 11.6 Å². The molecule has 4 N–H and O–H groups in total. The Bertz CT molecular complexity index is 956. The predicted octanol–water partition coefficient (Wildman–Crippen LogP) is 3.66. The molecular weight excluding hydrogens is 460 g/mol. The van der Waals surface area contributed by atoms with Crippen molar-refractivity contribution in [2.45, 2.75) is 97.7 Å². The van der Waals surface area contributed by atoms with Gasteiger partial charge in [0.15, 0.2) is 12.7 Å². The molecule has 4 rings (SSSR count). The summed E-state index contributed by atoms with van der Waals surface area (Å²) in [5.41, 5.74) is 0.935. The van der Waals surface area contributed by atoms with Gasteiger partial charge < -0.3 is 25.5 Å². The number of oxime groups is 1. The maximum absolute atomic E-state index is 12.2. The summed E-state index contributed by atoms with van der Waals surface area (Å²) in [4.78, 5) is 28.5. The van der Waals surface area contributed by atoms with Crippen LogP contribution < -0.4 is 5.32 Å². The van der Waals surface area contributed by atoms with Gasteiger partial charge in [-0.3, -0.25) is 4.79 Å². The first-order valence-corrected chi connectivity index (χ1v) is 13.5. The Morgan fingerprint density at radius 1 is 1.14 bits per heavy atom. The standard InChI is InChI=1S/C28H44N2O6/c1-25(2,23(32)24(33)34)16-29-22(31)15-36-30-18-8-11-26(3)17(14-18)6-7-19-20(26)9-12-27(4)21(19)10-13-28(27,5)35/h14,19-21,23,32,35H,6-13,15-16H2,1-5H3,(H,29,31)(H,33,34)/t19-,20?,21?,23?,26+,27+,28+/m1/s1. The van der Waals surface area contributed by atoms with E-state index in [0.29, 0.717) is 17.8 Å². The molecular formula is C28H44N2O6. The van der Waals surface area contributed by atoms with E-state index < -0.39 is 29.0 Å². The summed E-state index contributed by atoms with van der Waals surface area (Å²) in [5, 5.41) is 36.7. The Balaban J connectivity index is 1.35. The van der Waals surface area contributed by atoms with Crippen LogP contribution in [-0.4, -0.2) is 57.8 Å². The molecule has 3 saturated carbocycles. The van der Waals surface area contributed by atoms with Crippen molar-refractivity contribution >= 4 is 17.6 Å². The van der Waals surface area contributed by atoms with Crippen LogP contribution in [0, 0.1) is 34.0 Å². The van der Waals surface area contributed by atoms with Gasteiger partial charge in [0.05, 0.1) is 11.3 Å². The number of carbonyl (C=O) groups excluding carboxylic acids is 1. The van der Waals surface area contributed by atoms with Crippen molar-refractivity contribution in [1.82, 2.24) is 5.32 Å². The number of aliphatic carboxylic acids is 1. The lowest BCUT2D eigenvalue weighted by Crippen LogP contribution is -2.53. The van der Waals surface area contributed by atoms with Crippen LogP contribution in [0.5, 0.6) is 0 Å². The maximum Gasteiger partial charge on any atom is 0.333 e. The van der Waals surface area contributed by atoms with E-state index in [4.69, 9.17) is 9.94 Å². The van der Waals surface area contributed by atoms with Gasteiger partial charge >= 0.3 is 5.97 Å². The molecule has 0 aromatic rings. The molecule has 0 heterocycles. The number of aliphatic hydroxyl groups excluding tert-OH is 1. The third kappa shape index (κ3) is 4.60. The second-order valence-electron chi connectivity index (χ2n) is 13.1. The molecule has 7 atom stereocenters. The van der Waals surface area contributed by atoms with E-state index in [1.54, 1.807) is 13.8 Å². The van der Waals surface area contributed by atoms with Crippen LogP contribution in [0.25, 0.3) is 0 Å². The van der Waals surface area contributed by atoms with Gasteiger partial charge in [-0.25, -0.2) is 4.79 Å². The van der Waals surface area contributed by atoms with Gasteiger partial charge in [0.25, 0.3) is 5.91 Å². The molecule has 0 aromatic heterocycles. The average Bonchev–Trinajstić information content (AvgIpc) is 3.06. The average molecular weight is 505 g/mol. The maximum atomic E-state index is 12.2. The fourth-order valence-corrected chi connectivity index (χ4v) is 7.87. The van der Waals surface area contributed by atoms with Gasteiger partial charge in [0.1, 0.15) is 0 Å². The first kappa shape index (κ1) is 27.1. The highest BCUT2D eigenvalue weighted by atomic mass is 16.6. The molecule has 0 spiro atoms. The largest absolute Gasteiger partial charge is 0.479 e. The fourth-order valence-electron chi connectivity index (χ4n) is 7.87. The van der Waals surface area contributed by atoms with Gasteiger partial charge in [0, 0.05) is 12.0 Å². The number of carbonyl (C=O) groups is 2. The van der Waals surface area contributed by atoms with Crippen molar-refractivity contribution in [3.63, 3.8) is 0 Å². The molecule has 8 nitrogen and oxygen atoms in total. The van der Waals surface area contributed by atoms with E-state index in [1.165, 1.54) is 5.57 Å². The van der Waals surface area contributed by atoms with Crippen LogP contribution in [0.4, 0.5) is 0 Å². The lowest BCUT2D eigenvalue weighted by atomic mass is 9.46. The summed E-state index contributed by atoms with van der Waals surface area (Å²) in [7, 11) is 0. The number of aliphatic hydroxyl groups is 2. The number of nitrogens with one attached hydrogen (secondary N) is 1. The van der Waals surface area contributed by atoms with Crippen molar-refractivity contribution in [2.24, 2.45) is 39.2 Å².